The van der Waals surface area contributed by atoms with Gasteiger partial charge in [0.05, 0.1) is 6.10 Å². The van der Waals surface area contributed by atoms with Crippen LogP contribution in [0.4, 0.5) is 0 Å². The third kappa shape index (κ3) is 6.34. The average Bonchev–Trinajstić information content (AvgIpc) is 2.82. The van der Waals surface area contributed by atoms with Crippen LogP contribution in [0.5, 0.6) is 11.5 Å². The predicted octanol–water partition coefficient (Wildman–Crippen LogP) is 4.37. The number of carbonyl (C=O) groups is 2. The number of hydrogen-bond donors (Lipinski definition) is 2. The van der Waals surface area contributed by atoms with Crippen molar-refractivity contribution in [3.8, 4) is 22.6 Å². The van der Waals surface area contributed by atoms with E-state index in [1.165, 1.54) is 0 Å². The van der Waals surface area contributed by atoms with Gasteiger partial charge in [-0.3, -0.25) is 20.4 Å². The quantitative estimate of drug-likeness (QED) is 0.533. The molecule has 3 rings (SSSR count). The topological polar surface area (TPSA) is 76.7 Å². The Labute approximate surface area is 182 Å². The van der Waals surface area contributed by atoms with Gasteiger partial charge < -0.3 is 9.47 Å². The van der Waals surface area contributed by atoms with Gasteiger partial charge in [0, 0.05) is 11.1 Å². The molecule has 0 aliphatic heterocycles. The fourth-order valence-electron chi connectivity index (χ4n) is 2.85. The molecule has 0 radical (unpaired) electrons. The Morgan fingerprint density at radius 3 is 2.42 bits per heavy atom. The lowest BCUT2D eigenvalue weighted by Crippen LogP contribution is -2.43. The minimum atomic E-state index is -0.469. The van der Waals surface area contributed by atoms with Crippen LogP contribution in [0.15, 0.2) is 78.9 Å². The molecule has 6 heteroatoms. The van der Waals surface area contributed by atoms with Crippen molar-refractivity contribution in [3.63, 3.8) is 0 Å². The Bertz CT molecular complexity index is 1020. The highest BCUT2D eigenvalue weighted by atomic mass is 16.5. The van der Waals surface area contributed by atoms with E-state index in [1.54, 1.807) is 30.3 Å². The van der Waals surface area contributed by atoms with Crippen LogP contribution < -0.4 is 20.3 Å². The van der Waals surface area contributed by atoms with Crippen molar-refractivity contribution < 1.29 is 19.1 Å². The van der Waals surface area contributed by atoms with Gasteiger partial charge in [0.1, 0.15) is 11.5 Å². The second kappa shape index (κ2) is 10.8. The van der Waals surface area contributed by atoms with Crippen LogP contribution in [0.25, 0.3) is 11.1 Å². The van der Waals surface area contributed by atoms with Gasteiger partial charge in [0.2, 0.25) is 0 Å². The summed E-state index contributed by atoms with van der Waals surface area (Å²) in [6.07, 6.45) is 0.911. The van der Waals surface area contributed by atoms with Crippen LogP contribution in [0.3, 0.4) is 0 Å². The van der Waals surface area contributed by atoms with E-state index in [0.717, 1.165) is 17.5 Å². The molecule has 160 valence electrons. The maximum absolute atomic E-state index is 12.3. The smallest absolute Gasteiger partial charge is 0.276 e. The van der Waals surface area contributed by atoms with Crippen molar-refractivity contribution in [1.82, 2.24) is 10.9 Å². The number of benzene rings is 3. The van der Waals surface area contributed by atoms with Gasteiger partial charge in [-0.15, -0.1) is 0 Å². The summed E-state index contributed by atoms with van der Waals surface area (Å²) in [5.41, 5.74) is 7.04. The third-order valence-corrected chi connectivity index (χ3v) is 4.65. The number of amides is 2. The highest BCUT2D eigenvalue weighted by Gasteiger charge is 2.11. The van der Waals surface area contributed by atoms with Gasteiger partial charge in [0.15, 0.2) is 6.61 Å². The number of hydrogen-bond acceptors (Lipinski definition) is 4. The predicted molar refractivity (Wildman–Crippen MR) is 120 cm³/mol. The molecule has 31 heavy (non-hydrogen) atoms. The zero-order chi connectivity index (χ0) is 22.1. The van der Waals surface area contributed by atoms with E-state index in [2.05, 4.69) is 10.9 Å². The van der Waals surface area contributed by atoms with E-state index < -0.39 is 11.8 Å². The van der Waals surface area contributed by atoms with E-state index in [9.17, 15) is 9.59 Å². The van der Waals surface area contributed by atoms with Gasteiger partial charge in [-0.05, 0) is 43.2 Å². The van der Waals surface area contributed by atoms with Crippen molar-refractivity contribution >= 4 is 11.8 Å². The fraction of sp³-hybridized carbons (Fsp3) is 0.200. The molecular formula is C25H26N2O4. The first-order valence-electron chi connectivity index (χ1n) is 10.2. The maximum Gasteiger partial charge on any atom is 0.276 e. The Hall–Kier alpha value is -3.80. The molecule has 3 aromatic carbocycles. The lowest BCUT2D eigenvalue weighted by atomic mass is 10.1. The molecule has 0 heterocycles. The summed E-state index contributed by atoms with van der Waals surface area (Å²) in [5.74, 6) is 0.287. The number of ether oxygens (including phenoxy) is 2. The molecule has 0 saturated carbocycles. The number of hydrazine groups is 1. The second-order valence-corrected chi connectivity index (χ2v) is 7.02. The van der Waals surface area contributed by atoms with Gasteiger partial charge in [0.25, 0.3) is 11.8 Å². The zero-order valence-corrected chi connectivity index (χ0v) is 17.6. The summed E-state index contributed by atoms with van der Waals surface area (Å²) in [7, 11) is 0. The Morgan fingerprint density at radius 1 is 0.903 bits per heavy atom. The first-order valence-corrected chi connectivity index (χ1v) is 10.2. The summed E-state index contributed by atoms with van der Waals surface area (Å²) in [6, 6.07) is 24.1. The summed E-state index contributed by atoms with van der Waals surface area (Å²) < 4.78 is 11.4. The second-order valence-electron chi connectivity index (χ2n) is 7.02. The fourth-order valence-corrected chi connectivity index (χ4v) is 2.85. The maximum atomic E-state index is 12.3. The molecule has 0 saturated heterocycles. The van der Waals surface area contributed by atoms with Crippen molar-refractivity contribution in [2.75, 3.05) is 6.61 Å². The first kappa shape index (κ1) is 21.9. The summed E-state index contributed by atoms with van der Waals surface area (Å²) in [4.78, 5) is 24.5. The minimum Gasteiger partial charge on any atom is -0.491 e. The zero-order valence-electron chi connectivity index (χ0n) is 17.6. The molecule has 6 nitrogen and oxygen atoms in total. The van der Waals surface area contributed by atoms with E-state index in [-0.39, 0.29) is 12.7 Å². The van der Waals surface area contributed by atoms with Gasteiger partial charge >= 0.3 is 0 Å². The molecule has 2 amide bonds. The van der Waals surface area contributed by atoms with Crippen molar-refractivity contribution in [2.45, 2.75) is 26.4 Å². The number of rotatable bonds is 8. The summed E-state index contributed by atoms with van der Waals surface area (Å²) >= 11 is 0. The van der Waals surface area contributed by atoms with E-state index in [1.807, 2.05) is 62.4 Å². The SMILES string of the molecule is CCC(C)Oc1cccc(C(=O)NNC(=O)COc2ccccc2-c2ccccc2)c1. The third-order valence-electron chi connectivity index (χ3n) is 4.65. The summed E-state index contributed by atoms with van der Waals surface area (Å²) in [6.45, 7) is 3.75. The number of carbonyl (C=O) groups excluding carboxylic acids is 2. The van der Waals surface area contributed by atoms with Crippen LogP contribution in [0.1, 0.15) is 30.6 Å². The van der Waals surface area contributed by atoms with Crippen LogP contribution in [0.2, 0.25) is 0 Å². The normalized spacial score (nSPS) is 11.3. The molecule has 0 bridgehead atoms. The molecule has 2 N–H and O–H groups in total. The first-order chi connectivity index (χ1) is 15.1. The van der Waals surface area contributed by atoms with Gasteiger partial charge in [-0.1, -0.05) is 61.5 Å². The van der Waals surface area contributed by atoms with Crippen LogP contribution in [-0.4, -0.2) is 24.5 Å². The largest absolute Gasteiger partial charge is 0.491 e. The van der Waals surface area contributed by atoms with E-state index in [0.29, 0.717) is 17.1 Å². The van der Waals surface area contributed by atoms with Crippen LogP contribution in [-0.2, 0) is 4.79 Å². The van der Waals surface area contributed by atoms with Gasteiger partial charge in [-0.2, -0.15) is 0 Å². The monoisotopic (exact) mass is 418 g/mol. The standard InChI is InChI=1S/C25H26N2O4/c1-3-18(2)31-21-13-9-12-20(16-21)25(29)27-26-24(28)17-30-23-15-8-7-14-22(23)19-10-5-4-6-11-19/h4-16,18H,3,17H2,1-2H3,(H,26,28)(H,27,29). The van der Waals surface area contributed by atoms with Crippen LogP contribution in [0, 0.1) is 0 Å². The molecule has 0 aliphatic rings. The molecule has 1 unspecified atom stereocenters. The van der Waals surface area contributed by atoms with Gasteiger partial charge in [-0.25, -0.2) is 0 Å². The minimum absolute atomic E-state index is 0.0499. The van der Waals surface area contributed by atoms with E-state index in [4.69, 9.17) is 9.47 Å². The van der Waals surface area contributed by atoms with Crippen molar-refractivity contribution in [2.24, 2.45) is 0 Å². The molecule has 0 aliphatic carbocycles. The number of para-hydroxylation sites is 1. The van der Waals surface area contributed by atoms with E-state index >= 15 is 0 Å². The molecule has 0 aromatic heterocycles. The number of nitrogens with one attached hydrogen (secondary N) is 2. The molecule has 1 atom stereocenters. The van der Waals surface area contributed by atoms with Crippen molar-refractivity contribution in [1.29, 1.82) is 0 Å². The summed E-state index contributed by atoms with van der Waals surface area (Å²) in [5, 5.41) is 0. The average molecular weight is 418 g/mol. The van der Waals surface area contributed by atoms with Crippen molar-refractivity contribution in [3.05, 3.63) is 84.4 Å². The lowest BCUT2D eigenvalue weighted by molar-refractivity contribution is -0.123. The Balaban J connectivity index is 1.54. The Morgan fingerprint density at radius 2 is 1.65 bits per heavy atom. The lowest BCUT2D eigenvalue weighted by Gasteiger charge is -2.14. The molecule has 0 spiro atoms. The molecular weight excluding hydrogens is 392 g/mol. The molecule has 3 aromatic rings. The highest BCUT2D eigenvalue weighted by Crippen LogP contribution is 2.29. The molecule has 0 fully saturated rings. The Kier molecular flexibility index (Phi) is 7.65. The van der Waals surface area contributed by atoms with Crippen LogP contribution >= 0.6 is 0 Å². The highest BCUT2D eigenvalue weighted by molar-refractivity contribution is 5.95.